The maximum absolute atomic E-state index is 13.4. The van der Waals surface area contributed by atoms with Crippen LogP contribution < -0.4 is 4.74 Å². The molecule has 2 aromatic rings. The third-order valence-electron chi connectivity index (χ3n) is 2.33. The Bertz CT molecular complexity index is 578. The first-order chi connectivity index (χ1) is 8.79. The summed E-state index contributed by atoms with van der Waals surface area (Å²) in [6.07, 6.45) is 1.30. The summed E-state index contributed by atoms with van der Waals surface area (Å²) >= 11 is 0. The SMILES string of the molecule is O=C=Nc1ccc(OCc2ccccc2)cc1F. The van der Waals surface area contributed by atoms with Crippen LogP contribution in [0, 0.1) is 5.82 Å². The van der Waals surface area contributed by atoms with Gasteiger partial charge in [0.15, 0.2) is 5.82 Å². The van der Waals surface area contributed by atoms with E-state index in [1.807, 2.05) is 30.3 Å². The Morgan fingerprint density at radius 1 is 1.17 bits per heavy atom. The molecule has 0 aliphatic rings. The fourth-order valence-corrected chi connectivity index (χ4v) is 1.46. The predicted octanol–water partition coefficient (Wildman–Crippen LogP) is 3.37. The average molecular weight is 243 g/mol. The van der Waals surface area contributed by atoms with Gasteiger partial charge >= 0.3 is 0 Å². The van der Waals surface area contributed by atoms with E-state index < -0.39 is 5.82 Å². The lowest BCUT2D eigenvalue weighted by atomic mass is 10.2. The van der Waals surface area contributed by atoms with Crippen molar-refractivity contribution in [3.05, 3.63) is 59.9 Å². The average Bonchev–Trinajstić information content (AvgIpc) is 2.41. The number of hydrogen-bond acceptors (Lipinski definition) is 3. The molecular formula is C14H10FNO2. The van der Waals surface area contributed by atoms with Gasteiger partial charge in [0.1, 0.15) is 18.0 Å². The molecule has 90 valence electrons. The van der Waals surface area contributed by atoms with Gasteiger partial charge in [-0.2, -0.15) is 4.99 Å². The first kappa shape index (κ1) is 12.0. The first-order valence-electron chi connectivity index (χ1n) is 5.34. The van der Waals surface area contributed by atoms with Gasteiger partial charge in [0, 0.05) is 6.07 Å². The molecule has 0 aromatic heterocycles. The molecule has 0 unspecified atom stereocenters. The maximum Gasteiger partial charge on any atom is 0.240 e. The molecule has 0 spiro atoms. The predicted molar refractivity (Wildman–Crippen MR) is 65.0 cm³/mol. The number of carbonyl (C=O) groups excluding carboxylic acids is 1. The van der Waals surface area contributed by atoms with Crippen LogP contribution in [0.1, 0.15) is 5.56 Å². The van der Waals surface area contributed by atoms with Gasteiger partial charge in [-0.15, -0.1) is 0 Å². The van der Waals surface area contributed by atoms with Gasteiger partial charge < -0.3 is 4.74 Å². The fraction of sp³-hybridized carbons (Fsp3) is 0.0714. The van der Waals surface area contributed by atoms with Crippen LogP contribution in [0.15, 0.2) is 53.5 Å². The lowest BCUT2D eigenvalue weighted by molar-refractivity contribution is 0.304. The highest BCUT2D eigenvalue weighted by Crippen LogP contribution is 2.23. The Kier molecular flexibility index (Phi) is 3.84. The summed E-state index contributed by atoms with van der Waals surface area (Å²) in [5, 5.41) is 0. The van der Waals surface area contributed by atoms with Crippen LogP contribution in [-0.4, -0.2) is 6.08 Å². The van der Waals surface area contributed by atoms with Crippen LogP contribution in [0.3, 0.4) is 0 Å². The summed E-state index contributed by atoms with van der Waals surface area (Å²) in [6.45, 7) is 0.358. The van der Waals surface area contributed by atoms with Gasteiger partial charge in [0.25, 0.3) is 0 Å². The monoisotopic (exact) mass is 243 g/mol. The van der Waals surface area contributed by atoms with Gasteiger partial charge in [-0.05, 0) is 17.7 Å². The molecule has 0 amide bonds. The van der Waals surface area contributed by atoms with E-state index in [0.29, 0.717) is 12.4 Å². The highest BCUT2D eigenvalue weighted by molar-refractivity contribution is 5.51. The van der Waals surface area contributed by atoms with E-state index >= 15 is 0 Å². The molecule has 0 saturated heterocycles. The molecule has 2 aromatic carbocycles. The Labute approximate surface area is 104 Å². The molecule has 18 heavy (non-hydrogen) atoms. The molecule has 3 nitrogen and oxygen atoms in total. The van der Waals surface area contributed by atoms with Crippen molar-refractivity contribution in [3.63, 3.8) is 0 Å². The minimum Gasteiger partial charge on any atom is -0.489 e. The van der Waals surface area contributed by atoms with Gasteiger partial charge in [-0.25, -0.2) is 9.18 Å². The fourth-order valence-electron chi connectivity index (χ4n) is 1.46. The maximum atomic E-state index is 13.4. The summed E-state index contributed by atoms with van der Waals surface area (Å²) < 4.78 is 18.8. The Morgan fingerprint density at radius 2 is 1.94 bits per heavy atom. The number of rotatable bonds is 4. The third-order valence-corrected chi connectivity index (χ3v) is 2.33. The lowest BCUT2D eigenvalue weighted by Crippen LogP contribution is -1.95. The summed E-state index contributed by atoms with van der Waals surface area (Å²) in [7, 11) is 0. The standard InChI is InChI=1S/C14H10FNO2/c15-13-8-12(6-7-14(13)16-10-17)18-9-11-4-2-1-3-5-11/h1-8H,9H2. The third kappa shape index (κ3) is 3.03. The van der Waals surface area contributed by atoms with E-state index in [-0.39, 0.29) is 5.69 Å². The minimum absolute atomic E-state index is 0.0444. The molecule has 0 fully saturated rings. The van der Waals surface area contributed by atoms with E-state index in [2.05, 4.69) is 4.99 Å². The van der Waals surface area contributed by atoms with Gasteiger partial charge in [-0.1, -0.05) is 30.3 Å². The molecule has 0 atom stereocenters. The Morgan fingerprint density at radius 3 is 2.61 bits per heavy atom. The highest BCUT2D eigenvalue weighted by Gasteiger charge is 2.03. The molecule has 0 aliphatic heterocycles. The van der Waals surface area contributed by atoms with Crippen LogP contribution in [0.5, 0.6) is 5.75 Å². The van der Waals surface area contributed by atoms with Crippen LogP contribution in [0.2, 0.25) is 0 Å². The molecule has 0 heterocycles. The topological polar surface area (TPSA) is 38.7 Å². The molecule has 0 aliphatic carbocycles. The summed E-state index contributed by atoms with van der Waals surface area (Å²) in [4.78, 5) is 13.3. The summed E-state index contributed by atoms with van der Waals surface area (Å²) in [5.74, 6) is -0.217. The number of hydrogen-bond donors (Lipinski definition) is 0. The van der Waals surface area contributed by atoms with Crippen molar-refractivity contribution in [2.45, 2.75) is 6.61 Å². The molecule has 2 rings (SSSR count). The second-order valence-electron chi connectivity index (χ2n) is 3.59. The zero-order valence-electron chi connectivity index (χ0n) is 9.47. The second kappa shape index (κ2) is 5.75. The number of ether oxygens (including phenoxy) is 1. The van der Waals surface area contributed by atoms with Crippen LogP contribution in [0.25, 0.3) is 0 Å². The lowest BCUT2D eigenvalue weighted by Gasteiger charge is -2.06. The van der Waals surface area contributed by atoms with Crippen molar-refractivity contribution in [3.8, 4) is 5.75 Å². The quantitative estimate of drug-likeness (QED) is 0.610. The molecule has 0 radical (unpaired) electrons. The first-order valence-corrected chi connectivity index (χ1v) is 5.34. The van der Waals surface area contributed by atoms with E-state index in [4.69, 9.17) is 4.74 Å². The molecule has 4 heteroatoms. The molecule has 0 N–H and O–H groups in total. The van der Waals surface area contributed by atoms with Crippen LogP contribution in [0.4, 0.5) is 10.1 Å². The van der Waals surface area contributed by atoms with Gasteiger partial charge in [-0.3, -0.25) is 0 Å². The zero-order chi connectivity index (χ0) is 12.8. The number of halogens is 1. The van der Waals surface area contributed by atoms with Gasteiger partial charge in [0.05, 0.1) is 0 Å². The van der Waals surface area contributed by atoms with Gasteiger partial charge in [0.2, 0.25) is 6.08 Å². The molecular weight excluding hydrogens is 233 g/mol. The van der Waals surface area contributed by atoms with Crippen molar-refractivity contribution in [1.82, 2.24) is 0 Å². The largest absolute Gasteiger partial charge is 0.489 e. The van der Waals surface area contributed by atoms with E-state index in [0.717, 1.165) is 5.56 Å². The molecule has 0 bridgehead atoms. The van der Waals surface area contributed by atoms with Crippen molar-refractivity contribution < 1.29 is 13.9 Å². The van der Waals surface area contributed by atoms with Crippen molar-refractivity contribution >= 4 is 11.8 Å². The second-order valence-corrected chi connectivity index (χ2v) is 3.59. The van der Waals surface area contributed by atoms with Crippen LogP contribution >= 0.6 is 0 Å². The highest BCUT2D eigenvalue weighted by atomic mass is 19.1. The Hall–Kier alpha value is -2.45. The number of nitrogens with zero attached hydrogens (tertiary/aromatic N) is 1. The van der Waals surface area contributed by atoms with Crippen molar-refractivity contribution in [2.75, 3.05) is 0 Å². The van der Waals surface area contributed by atoms with E-state index in [9.17, 15) is 9.18 Å². The van der Waals surface area contributed by atoms with Crippen LogP contribution in [-0.2, 0) is 11.4 Å². The normalized spacial score (nSPS) is 9.61. The smallest absolute Gasteiger partial charge is 0.240 e. The van der Waals surface area contributed by atoms with E-state index in [1.165, 1.54) is 18.2 Å². The number of isocyanates is 1. The van der Waals surface area contributed by atoms with E-state index in [1.54, 1.807) is 6.07 Å². The molecule has 0 saturated carbocycles. The Balaban J connectivity index is 2.07. The van der Waals surface area contributed by atoms with Crippen molar-refractivity contribution in [1.29, 1.82) is 0 Å². The van der Waals surface area contributed by atoms with Crippen molar-refractivity contribution in [2.24, 2.45) is 4.99 Å². The minimum atomic E-state index is -0.607. The summed E-state index contributed by atoms with van der Waals surface area (Å²) in [5.41, 5.74) is 0.949. The number of benzene rings is 2. The number of aliphatic imine (C=N–C) groups is 1. The summed E-state index contributed by atoms with van der Waals surface area (Å²) in [6, 6.07) is 13.7. The zero-order valence-corrected chi connectivity index (χ0v) is 9.47.